The summed E-state index contributed by atoms with van der Waals surface area (Å²) in [4.78, 5) is 16.9. The Morgan fingerprint density at radius 3 is 2.77 bits per heavy atom. The zero-order chi connectivity index (χ0) is 25.2. The number of nitrogens with one attached hydrogen (secondary N) is 2. The number of alkyl halides is 3. The molecule has 2 heterocycles. The van der Waals surface area contributed by atoms with E-state index in [1.165, 1.54) is 19.2 Å². The van der Waals surface area contributed by atoms with E-state index < -0.39 is 30.4 Å². The van der Waals surface area contributed by atoms with Gasteiger partial charge in [-0.3, -0.25) is 9.89 Å². The normalized spacial score (nSPS) is 16.4. The molecule has 1 atom stereocenters. The molecule has 0 fully saturated rings. The molecule has 12 heteroatoms. The van der Waals surface area contributed by atoms with Crippen molar-refractivity contribution >= 4 is 39.3 Å². The zero-order valence-corrected chi connectivity index (χ0v) is 19.2. The number of aromatic amines is 1. The number of rotatable bonds is 7. The smallest absolute Gasteiger partial charge is 0.416 e. The van der Waals surface area contributed by atoms with Gasteiger partial charge in [-0.05, 0) is 59.1 Å². The summed E-state index contributed by atoms with van der Waals surface area (Å²) < 4.78 is 46.6. The van der Waals surface area contributed by atoms with Crippen molar-refractivity contribution in [2.24, 2.45) is 4.99 Å². The van der Waals surface area contributed by atoms with Crippen molar-refractivity contribution in [3.63, 3.8) is 0 Å². The lowest BCUT2D eigenvalue weighted by Gasteiger charge is -2.17. The molecule has 4 rings (SSSR count). The highest BCUT2D eigenvalue weighted by molar-refractivity contribution is 8.18. The third kappa shape index (κ3) is 5.50. The Labute approximate surface area is 201 Å². The number of aliphatic imine (C=N–C) groups is 1. The third-order valence-corrected chi connectivity index (χ3v) is 6.40. The van der Waals surface area contributed by atoms with Crippen LogP contribution in [0.4, 0.5) is 13.2 Å². The van der Waals surface area contributed by atoms with Crippen molar-refractivity contribution in [3.05, 3.63) is 64.2 Å². The molecule has 1 aliphatic rings. The number of carbonyl (C=O) groups is 1. The number of benzene rings is 2. The Bertz CT molecular complexity index is 1320. The van der Waals surface area contributed by atoms with Crippen molar-refractivity contribution in [3.8, 4) is 5.75 Å². The van der Waals surface area contributed by atoms with E-state index in [1.54, 1.807) is 24.4 Å². The molecule has 0 spiro atoms. The summed E-state index contributed by atoms with van der Waals surface area (Å²) in [5.74, 6) is -0.543. The Hall–Kier alpha value is -3.35. The Morgan fingerprint density at radius 2 is 2.06 bits per heavy atom. The molecule has 4 N–H and O–H groups in total. The second-order valence-electron chi connectivity index (χ2n) is 7.72. The van der Waals surface area contributed by atoms with Crippen molar-refractivity contribution in [2.75, 3.05) is 20.3 Å². The lowest BCUT2D eigenvalue weighted by atomic mass is 9.93. The number of allylic oxidation sites excluding steroid dienone is 1. The van der Waals surface area contributed by atoms with Gasteiger partial charge in [0.25, 0.3) is 5.91 Å². The van der Waals surface area contributed by atoms with Crippen LogP contribution >= 0.6 is 11.8 Å². The minimum atomic E-state index is -4.63. The van der Waals surface area contributed by atoms with Gasteiger partial charge < -0.3 is 20.3 Å². The molecule has 0 unspecified atom stereocenters. The summed E-state index contributed by atoms with van der Waals surface area (Å²) in [7, 11) is 1.29. The molecule has 2 aromatic carbocycles. The van der Waals surface area contributed by atoms with Gasteiger partial charge in [0, 0.05) is 11.9 Å². The van der Waals surface area contributed by atoms with E-state index in [0.717, 1.165) is 28.7 Å². The van der Waals surface area contributed by atoms with Gasteiger partial charge in [0.1, 0.15) is 5.75 Å². The first-order chi connectivity index (χ1) is 16.7. The highest BCUT2D eigenvalue weighted by Gasteiger charge is 2.35. The molecular weight excluding hydrogens is 485 g/mol. The number of carbonyl (C=O) groups excluding carboxylic acids is 1. The SMILES string of the molecule is COc1ccc(CC(=C2SC(NC[C@H](O)CO)=NC2=O)c2ccc3[nH]ncc3c2)c(C(F)(F)F)c1. The number of fused-ring (bicyclic) bond motifs is 1. The number of aliphatic hydroxyl groups excluding tert-OH is 2. The summed E-state index contributed by atoms with van der Waals surface area (Å²) in [5.41, 5.74) is 0.756. The molecule has 1 amide bonds. The minimum Gasteiger partial charge on any atom is -0.497 e. The van der Waals surface area contributed by atoms with Crippen LogP contribution in [0.15, 0.2) is 52.5 Å². The molecule has 1 aromatic heterocycles. The lowest BCUT2D eigenvalue weighted by molar-refractivity contribution is -0.138. The van der Waals surface area contributed by atoms with Crippen LogP contribution in [0.1, 0.15) is 16.7 Å². The van der Waals surface area contributed by atoms with Crippen LogP contribution in [0.25, 0.3) is 16.5 Å². The number of hydrogen-bond acceptors (Lipinski definition) is 7. The molecular formula is C23H21F3N4O4S. The number of thioether (sulfide) groups is 1. The van der Waals surface area contributed by atoms with Crippen LogP contribution < -0.4 is 10.1 Å². The predicted octanol–water partition coefficient (Wildman–Crippen LogP) is 3.12. The van der Waals surface area contributed by atoms with E-state index in [2.05, 4.69) is 20.5 Å². The fourth-order valence-corrected chi connectivity index (χ4v) is 4.50. The van der Waals surface area contributed by atoms with Gasteiger partial charge in [-0.1, -0.05) is 12.1 Å². The molecule has 8 nitrogen and oxygen atoms in total. The van der Waals surface area contributed by atoms with E-state index in [0.29, 0.717) is 11.1 Å². The summed E-state index contributed by atoms with van der Waals surface area (Å²) in [5, 5.41) is 29.0. The molecule has 1 aliphatic heterocycles. The van der Waals surface area contributed by atoms with Crippen molar-refractivity contribution < 1.29 is 32.9 Å². The molecule has 0 aliphatic carbocycles. The monoisotopic (exact) mass is 506 g/mol. The molecule has 0 saturated heterocycles. The molecule has 184 valence electrons. The fraction of sp³-hybridized carbons (Fsp3) is 0.261. The number of methoxy groups -OCH3 is 1. The highest BCUT2D eigenvalue weighted by Crippen LogP contribution is 2.40. The van der Waals surface area contributed by atoms with Crippen LogP contribution in [0.3, 0.4) is 0 Å². The van der Waals surface area contributed by atoms with Gasteiger partial charge in [0.15, 0.2) is 5.17 Å². The van der Waals surface area contributed by atoms with Crippen LogP contribution in [0, 0.1) is 0 Å². The van der Waals surface area contributed by atoms with Crippen LogP contribution in [-0.4, -0.2) is 57.9 Å². The van der Waals surface area contributed by atoms with Gasteiger partial charge >= 0.3 is 6.18 Å². The Kier molecular flexibility index (Phi) is 7.15. The molecule has 0 radical (unpaired) electrons. The van der Waals surface area contributed by atoms with Gasteiger partial charge in [-0.15, -0.1) is 0 Å². The van der Waals surface area contributed by atoms with E-state index >= 15 is 0 Å². The first-order valence-electron chi connectivity index (χ1n) is 10.4. The standard InChI is InChI=1S/C23H21F3N4O4S/c1-34-16-4-2-13(18(8-16)23(24,25)26)7-17(12-3-5-19-14(6-12)9-28-30-19)20-21(33)29-22(35-20)27-10-15(32)11-31/h2-6,8-9,15,31-32H,7,10-11H2,1H3,(H,28,30)(H,27,29,33)/t15-/m0/s1. The van der Waals surface area contributed by atoms with Crippen molar-refractivity contribution in [1.29, 1.82) is 0 Å². The topological polar surface area (TPSA) is 120 Å². The summed E-state index contributed by atoms with van der Waals surface area (Å²) in [6, 6.07) is 8.88. The summed E-state index contributed by atoms with van der Waals surface area (Å²) in [6.45, 7) is -0.523. The number of H-pyrrole nitrogens is 1. The third-order valence-electron chi connectivity index (χ3n) is 5.35. The second-order valence-corrected chi connectivity index (χ2v) is 8.72. The molecule has 35 heavy (non-hydrogen) atoms. The second kappa shape index (κ2) is 10.1. The zero-order valence-electron chi connectivity index (χ0n) is 18.4. The van der Waals surface area contributed by atoms with Crippen molar-refractivity contribution in [2.45, 2.75) is 18.7 Å². The Morgan fingerprint density at radius 1 is 1.26 bits per heavy atom. The molecule has 0 bridgehead atoms. The number of amides is 1. The van der Waals surface area contributed by atoms with E-state index in [-0.39, 0.29) is 34.4 Å². The van der Waals surface area contributed by atoms with Crippen molar-refractivity contribution in [1.82, 2.24) is 15.5 Å². The quantitative estimate of drug-likeness (QED) is 0.364. The van der Waals surface area contributed by atoms with Gasteiger partial charge in [-0.2, -0.15) is 23.3 Å². The minimum absolute atomic E-state index is 0.0291. The summed E-state index contributed by atoms with van der Waals surface area (Å²) >= 11 is 0.969. The van der Waals surface area contributed by atoms with Gasteiger partial charge in [0.05, 0.1) is 42.0 Å². The van der Waals surface area contributed by atoms with Crippen LogP contribution in [-0.2, 0) is 17.4 Å². The average molecular weight is 507 g/mol. The number of hydrogen-bond donors (Lipinski definition) is 4. The molecule has 0 saturated carbocycles. The van der Waals surface area contributed by atoms with E-state index in [1.807, 2.05) is 0 Å². The first-order valence-corrected chi connectivity index (χ1v) is 11.3. The lowest BCUT2D eigenvalue weighted by Crippen LogP contribution is -2.31. The fourth-order valence-electron chi connectivity index (χ4n) is 3.58. The number of aromatic nitrogens is 2. The predicted molar refractivity (Wildman–Crippen MR) is 126 cm³/mol. The average Bonchev–Trinajstić information content (AvgIpc) is 3.46. The maximum Gasteiger partial charge on any atom is 0.416 e. The number of halogens is 3. The highest BCUT2D eigenvalue weighted by atomic mass is 32.2. The first kappa shape index (κ1) is 24.8. The van der Waals surface area contributed by atoms with Gasteiger partial charge in [-0.25, -0.2) is 0 Å². The van der Waals surface area contributed by atoms with Crippen LogP contribution in [0.5, 0.6) is 5.75 Å². The largest absolute Gasteiger partial charge is 0.497 e. The summed E-state index contributed by atoms with van der Waals surface area (Å²) in [6.07, 6.45) is -4.31. The maximum atomic E-state index is 13.9. The van der Waals surface area contributed by atoms with E-state index in [4.69, 9.17) is 9.84 Å². The maximum absolute atomic E-state index is 13.9. The number of nitrogens with zero attached hydrogens (tertiary/aromatic N) is 2. The number of amidine groups is 1. The number of aliphatic hydroxyl groups is 2. The van der Waals surface area contributed by atoms with Crippen LogP contribution in [0.2, 0.25) is 0 Å². The number of ether oxygens (including phenoxy) is 1. The van der Waals surface area contributed by atoms with Gasteiger partial charge in [0.2, 0.25) is 0 Å². The molecule has 3 aromatic rings. The Balaban J connectivity index is 1.78. The van der Waals surface area contributed by atoms with E-state index in [9.17, 15) is 23.1 Å².